The molecule has 0 aromatic heterocycles. The lowest BCUT2D eigenvalue weighted by Crippen LogP contribution is -2.12. The molecule has 10 heavy (non-hydrogen) atoms. The third-order valence-electron chi connectivity index (χ3n) is 1.07. The van der Waals surface area contributed by atoms with Gasteiger partial charge in [-0.25, -0.2) is 0 Å². The van der Waals surface area contributed by atoms with Gasteiger partial charge in [-0.05, 0) is 13.8 Å². The summed E-state index contributed by atoms with van der Waals surface area (Å²) in [5.41, 5.74) is 1.05. The Morgan fingerprint density at radius 3 is 2.40 bits per heavy atom. The van der Waals surface area contributed by atoms with Crippen LogP contribution in [-0.4, -0.2) is 24.5 Å². The van der Waals surface area contributed by atoms with E-state index in [1.54, 1.807) is 0 Å². The van der Waals surface area contributed by atoms with Gasteiger partial charge in [0.1, 0.15) is 0 Å². The lowest BCUT2D eigenvalue weighted by Gasteiger charge is -2.06. The predicted molar refractivity (Wildman–Crippen MR) is 47.3 cm³/mol. The Morgan fingerprint density at radius 1 is 1.50 bits per heavy atom. The molecule has 1 unspecified atom stereocenters. The predicted octanol–water partition coefficient (Wildman–Crippen LogP) is 1.95. The summed E-state index contributed by atoms with van der Waals surface area (Å²) in [6, 6.07) is 0.403. The van der Waals surface area contributed by atoms with Crippen molar-refractivity contribution < 1.29 is 0 Å². The van der Waals surface area contributed by atoms with Crippen LogP contribution in [0.15, 0.2) is 9.98 Å². The van der Waals surface area contributed by atoms with Crippen LogP contribution in [0.1, 0.15) is 27.7 Å². The van der Waals surface area contributed by atoms with Crippen molar-refractivity contribution in [2.75, 3.05) is 6.54 Å². The Balaban J connectivity index is 0.000000371. The van der Waals surface area contributed by atoms with Gasteiger partial charge in [-0.15, -0.1) is 0 Å². The summed E-state index contributed by atoms with van der Waals surface area (Å²) in [6.45, 7) is 8.90. The molecule has 0 bridgehead atoms. The van der Waals surface area contributed by atoms with E-state index < -0.39 is 0 Å². The van der Waals surface area contributed by atoms with Gasteiger partial charge in [-0.1, -0.05) is 13.8 Å². The van der Waals surface area contributed by atoms with Crippen molar-refractivity contribution in [3.05, 3.63) is 0 Å². The molecule has 2 nitrogen and oxygen atoms in total. The summed E-state index contributed by atoms with van der Waals surface area (Å²) in [6.07, 6.45) is 1.82. The van der Waals surface area contributed by atoms with E-state index in [2.05, 4.69) is 16.9 Å². The maximum absolute atomic E-state index is 4.25. The second-order valence-corrected chi connectivity index (χ2v) is 2.11. The van der Waals surface area contributed by atoms with E-state index in [-0.39, 0.29) is 0 Å². The average molecular weight is 140 g/mol. The van der Waals surface area contributed by atoms with Crippen molar-refractivity contribution in [2.45, 2.75) is 33.7 Å². The van der Waals surface area contributed by atoms with Gasteiger partial charge < -0.3 is 0 Å². The third-order valence-corrected chi connectivity index (χ3v) is 1.07. The highest BCUT2D eigenvalue weighted by Crippen LogP contribution is 1.95. The van der Waals surface area contributed by atoms with Crippen LogP contribution in [0, 0.1) is 0 Å². The Labute approximate surface area is 63.1 Å². The van der Waals surface area contributed by atoms with Gasteiger partial charge in [0, 0.05) is 11.9 Å². The maximum atomic E-state index is 4.25. The maximum Gasteiger partial charge on any atom is 0.0670 e. The highest BCUT2D eigenvalue weighted by Gasteiger charge is 2.00. The van der Waals surface area contributed by atoms with E-state index in [9.17, 15) is 0 Å². The first-order valence-corrected chi connectivity index (χ1v) is 3.83. The van der Waals surface area contributed by atoms with Gasteiger partial charge in [0.05, 0.1) is 12.6 Å². The molecule has 1 rings (SSSR count). The molecule has 0 spiro atoms. The molecule has 0 saturated heterocycles. The molecule has 1 aliphatic heterocycles. The zero-order chi connectivity index (χ0) is 7.98. The summed E-state index contributed by atoms with van der Waals surface area (Å²) in [7, 11) is 0. The second-order valence-electron chi connectivity index (χ2n) is 2.11. The van der Waals surface area contributed by atoms with Crippen molar-refractivity contribution in [3.8, 4) is 0 Å². The molecule has 0 fully saturated rings. The third kappa shape index (κ3) is 3.38. The Kier molecular flexibility index (Phi) is 4.81. The first kappa shape index (κ1) is 9.34. The normalized spacial score (nSPS) is 22.8. The smallest absolute Gasteiger partial charge is 0.0670 e. The molecule has 1 atom stereocenters. The van der Waals surface area contributed by atoms with Crippen LogP contribution in [0.4, 0.5) is 0 Å². The summed E-state index contributed by atoms with van der Waals surface area (Å²) in [4.78, 5) is 8.33. The lowest BCUT2D eigenvalue weighted by molar-refractivity contribution is 0.751. The number of hydrogen-bond donors (Lipinski definition) is 0. The quantitative estimate of drug-likeness (QED) is 0.491. The van der Waals surface area contributed by atoms with Crippen LogP contribution < -0.4 is 0 Å². The van der Waals surface area contributed by atoms with Gasteiger partial charge in [-0.2, -0.15) is 0 Å². The molecule has 58 valence electrons. The van der Waals surface area contributed by atoms with Gasteiger partial charge in [0.2, 0.25) is 0 Å². The van der Waals surface area contributed by atoms with Crippen LogP contribution in [0.3, 0.4) is 0 Å². The monoisotopic (exact) mass is 140 g/mol. The number of hydrogen-bond acceptors (Lipinski definition) is 2. The van der Waals surface area contributed by atoms with Gasteiger partial charge in [0.25, 0.3) is 0 Å². The standard InChI is InChI=1S/C6H10N2.C2H6/c1-5-3-7-4-6(2)8-5;1-2/h3,6H,4H2,1-2H3;1-2H3. The van der Waals surface area contributed by atoms with E-state index >= 15 is 0 Å². The molecular weight excluding hydrogens is 124 g/mol. The van der Waals surface area contributed by atoms with Gasteiger partial charge >= 0.3 is 0 Å². The van der Waals surface area contributed by atoms with Crippen molar-refractivity contribution >= 4 is 11.9 Å². The van der Waals surface area contributed by atoms with Crippen molar-refractivity contribution in [2.24, 2.45) is 9.98 Å². The highest BCUT2D eigenvalue weighted by molar-refractivity contribution is 6.29. The van der Waals surface area contributed by atoms with Crippen LogP contribution >= 0.6 is 0 Å². The van der Waals surface area contributed by atoms with E-state index in [0.717, 1.165) is 12.3 Å². The fourth-order valence-corrected chi connectivity index (χ4v) is 0.759. The largest absolute Gasteiger partial charge is 0.289 e. The highest BCUT2D eigenvalue weighted by atomic mass is 14.9. The van der Waals surface area contributed by atoms with E-state index in [0.29, 0.717) is 6.04 Å². The minimum atomic E-state index is 0.403. The van der Waals surface area contributed by atoms with Crippen LogP contribution in [-0.2, 0) is 0 Å². The van der Waals surface area contributed by atoms with Crippen molar-refractivity contribution in [1.29, 1.82) is 0 Å². The SMILES string of the molecule is CC.CC1=NC(C)CN=C1. The Hall–Kier alpha value is -0.660. The van der Waals surface area contributed by atoms with Gasteiger partial charge in [-0.3, -0.25) is 9.98 Å². The minimum Gasteiger partial charge on any atom is -0.289 e. The molecular formula is C8H16N2. The molecule has 1 heterocycles. The molecule has 0 aromatic carbocycles. The first-order valence-electron chi connectivity index (χ1n) is 3.83. The summed E-state index contributed by atoms with van der Waals surface area (Å²) in [5, 5.41) is 0. The van der Waals surface area contributed by atoms with E-state index in [1.807, 2.05) is 27.0 Å². The van der Waals surface area contributed by atoms with Crippen LogP contribution in [0.25, 0.3) is 0 Å². The molecule has 1 aliphatic rings. The fraction of sp³-hybridized carbons (Fsp3) is 0.750. The summed E-state index contributed by atoms with van der Waals surface area (Å²) in [5.74, 6) is 0. The summed E-state index contributed by atoms with van der Waals surface area (Å²) >= 11 is 0. The molecule has 0 radical (unpaired) electrons. The second kappa shape index (κ2) is 5.15. The molecule has 0 N–H and O–H groups in total. The van der Waals surface area contributed by atoms with Crippen molar-refractivity contribution in [3.63, 3.8) is 0 Å². The zero-order valence-corrected chi connectivity index (χ0v) is 7.26. The fourth-order valence-electron chi connectivity index (χ4n) is 0.759. The van der Waals surface area contributed by atoms with Crippen LogP contribution in [0.2, 0.25) is 0 Å². The Morgan fingerprint density at radius 2 is 2.10 bits per heavy atom. The van der Waals surface area contributed by atoms with E-state index in [1.165, 1.54) is 0 Å². The molecule has 0 aliphatic carbocycles. The summed E-state index contributed by atoms with van der Waals surface area (Å²) < 4.78 is 0. The van der Waals surface area contributed by atoms with Crippen LogP contribution in [0.5, 0.6) is 0 Å². The average Bonchev–Trinajstić information content (AvgIpc) is 1.91. The molecule has 0 saturated carbocycles. The molecule has 2 heteroatoms. The topological polar surface area (TPSA) is 24.7 Å². The van der Waals surface area contributed by atoms with Crippen molar-refractivity contribution in [1.82, 2.24) is 0 Å². The zero-order valence-electron chi connectivity index (χ0n) is 7.26. The Bertz CT molecular complexity index is 136. The molecule has 0 amide bonds. The minimum absolute atomic E-state index is 0.403. The number of nitrogens with zero attached hydrogens (tertiary/aromatic N) is 2. The lowest BCUT2D eigenvalue weighted by atomic mass is 10.3. The number of aliphatic imine (C=N–C) groups is 2. The first-order chi connectivity index (χ1) is 4.79. The van der Waals surface area contributed by atoms with E-state index in [4.69, 9.17) is 0 Å². The number of rotatable bonds is 0. The molecule has 0 aromatic rings. The van der Waals surface area contributed by atoms with Gasteiger partial charge in [0.15, 0.2) is 0 Å².